The van der Waals surface area contributed by atoms with Crippen LogP contribution in [0.2, 0.25) is 0 Å². The lowest BCUT2D eigenvalue weighted by molar-refractivity contribution is 0.670. The quantitative estimate of drug-likeness (QED) is 0.0911. The van der Waals surface area contributed by atoms with E-state index in [1.807, 2.05) is 54.6 Å². The van der Waals surface area contributed by atoms with Crippen LogP contribution in [0.15, 0.2) is 220 Å². The Morgan fingerprint density at radius 2 is 1.10 bits per heavy atom. The van der Waals surface area contributed by atoms with Gasteiger partial charge in [0.05, 0.1) is 6.54 Å². The van der Waals surface area contributed by atoms with E-state index in [-0.39, 0.29) is 0 Å². The molecule has 0 aliphatic rings. The van der Waals surface area contributed by atoms with Crippen LogP contribution < -0.4 is 0 Å². The molecule has 0 unspecified atom stereocenters. The highest BCUT2D eigenvalue weighted by atomic mass is 16.3. The molecule has 1 heterocycles. The van der Waals surface area contributed by atoms with Gasteiger partial charge in [0.2, 0.25) is 0 Å². The molecule has 4 heteroatoms. The average molecular weight is 744 g/mol. The Morgan fingerprint density at radius 1 is 0.466 bits per heavy atom. The second-order valence-electron chi connectivity index (χ2n) is 14.4. The molecule has 0 bridgehead atoms. The molecule has 0 atom stereocenters. The summed E-state index contributed by atoms with van der Waals surface area (Å²) in [6.45, 7) is 4.33. The Bertz CT molecular complexity index is 3200. The minimum absolute atomic E-state index is 0.402. The maximum absolute atomic E-state index is 6.78. The first-order valence-electron chi connectivity index (χ1n) is 19.5. The molecule has 1 aromatic heterocycles. The van der Waals surface area contributed by atoms with E-state index in [9.17, 15) is 0 Å². The lowest BCUT2D eigenvalue weighted by Crippen LogP contribution is -2.06. The highest BCUT2D eigenvalue weighted by Crippen LogP contribution is 2.41. The van der Waals surface area contributed by atoms with Crippen LogP contribution in [-0.2, 0) is 6.54 Å². The summed E-state index contributed by atoms with van der Waals surface area (Å²) in [7, 11) is 0. The number of nitrogens with zero attached hydrogens (tertiary/aromatic N) is 3. The zero-order chi connectivity index (χ0) is 38.8. The van der Waals surface area contributed by atoms with Gasteiger partial charge in [0.15, 0.2) is 11.7 Å². The van der Waals surface area contributed by atoms with E-state index in [2.05, 4.69) is 157 Å². The molecule has 9 aromatic carbocycles. The normalized spacial score (nSPS) is 12.1. The minimum Gasteiger partial charge on any atom is -0.455 e. The molecule has 0 aliphatic heterocycles. The first-order valence-corrected chi connectivity index (χ1v) is 19.5. The Morgan fingerprint density at radius 3 is 1.90 bits per heavy atom. The van der Waals surface area contributed by atoms with Crippen molar-refractivity contribution in [2.75, 3.05) is 0 Å². The van der Waals surface area contributed by atoms with Crippen molar-refractivity contribution in [3.63, 3.8) is 0 Å². The van der Waals surface area contributed by atoms with Crippen molar-refractivity contribution in [3.05, 3.63) is 217 Å². The molecule has 58 heavy (non-hydrogen) atoms. The highest BCUT2D eigenvalue weighted by molar-refractivity contribution is 6.23. The number of rotatable bonds is 7. The van der Waals surface area contributed by atoms with Gasteiger partial charge in [-0.05, 0) is 92.0 Å². The predicted molar refractivity (Wildman–Crippen MR) is 244 cm³/mol. The summed E-state index contributed by atoms with van der Waals surface area (Å²) >= 11 is 0. The summed E-state index contributed by atoms with van der Waals surface area (Å²) < 4.78 is 6.78. The van der Waals surface area contributed by atoms with Crippen LogP contribution in [0, 0.1) is 0 Å². The van der Waals surface area contributed by atoms with E-state index in [4.69, 9.17) is 14.4 Å². The Balaban J connectivity index is 1.14. The van der Waals surface area contributed by atoms with Crippen molar-refractivity contribution in [1.29, 1.82) is 0 Å². The van der Waals surface area contributed by atoms with Gasteiger partial charge in [-0.2, -0.15) is 0 Å². The van der Waals surface area contributed by atoms with Crippen molar-refractivity contribution in [3.8, 4) is 33.4 Å². The van der Waals surface area contributed by atoms with Crippen LogP contribution in [0.1, 0.15) is 16.7 Å². The Labute approximate surface area is 336 Å². The minimum atomic E-state index is 0.402. The van der Waals surface area contributed by atoms with Crippen LogP contribution in [0.3, 0.4) is 0 Å². The van der Waals surface area contributed by atoms with Crippen molar-refractivity contribution in [2.45, 2.75) is 6.54 Å². The molecule has 274 valence electrons. The van der Waals surface area contributed by atoms with Crippen molar-refractivity contribution in [2.24, 2.45) is 15.0 Å². The molecule has 0 fully saturated rings. The van der Waals surface area contributed by atoms with Crippen LogP contribution >= 0.6 is 0 Å². The van der Waals surface area contributed by atoms with Gasteiger partial charge in [0.1, 0.15) is 11.2 Å². The topological polar surface area (TPSA) is 50.2 Å². The number of hydrogen-bond donors (Lipinski definition) is 0. The third-order valence-corrected chi connectivity index (χ3v) is 10.8. The molecule has 0 saturated heterocycles. The van der Waals surface area contributed by atoms with E-state index in [1.165, 1.54) is 21.5 Å². The van der Waals surface area contributed by atoms with Crippen molar-refractivity contribution in [1.82, 2.24) is 0 Å². The van der Waals surface area contributed by atoms with E-state index < -0.39 is 0 Å². The van der Waals surface area contributed by atoms with Crippen LogP contribution in [0.4, 0.5) is 0 Å². The number of amidine groups is 2. The molecule has 10 aromatic rings. The molecule has 10 rings (SSSR count). The van der Waals surface area contributed by atoms with Gasteiger partial charge < -0.3 is 4.42 Å². The number of aliphatic imine (C=N–C) groups is 3. The van der Waals surface area contributed by atoms with Crippen LogP contribution in [0.5, 0.6) is 0 Å². The van der Waals surface area contributed by atoms with Gasteiger partial charge in [-0.1, -0.05) is 170 Å². The second-order valence-corrected chi connectivity index (χ2v) is 14.4. The molecule has 0 radical (unpaired) electrons. The van der Waals surface area contributed by atoms with Gasteiger partial charge in [-0.25, -0.2) is 9.98 Å². The SMILES string of the molecule is C=NC(=NC(=NCc1cccc(-c2ccc3ccc4ccccc4c3c2)c1)c1cccc2oc3c(-c4ccccc4)cc(-c4ccccc4)cc3c12)c1ccccc1. The van der Waals surface area contributed by atoms with E-state index in [0.29, 0.717) is 18.2 Å². The number of hydrogen-bond acceptors (Lipinski definition) is 2. The summed E-state index contributed by atoms with van der Waals surface area (Å²) in [5.41, 5.74) is 11.0. The lowest BCUT2D eigenvalue weighted by Gasteiger charge is -2.10. The van der Waals surface area contributed by atoms with Crippen molar-refractivity contribution < 1.29 is 4.42 Å². The standard InChI is InChI=1S/C54H37N3O/c1-55-53(41-21-9-4-10-22-41)57-54(56-35-36-15-13-23-42(31-36)43-30-29-40-28-27-39-20-11-12-24-45(39)47(40)32-43)46-25-14-26-50-51(46)49-34-44(37-16-5-2-6-17-37)33-48(52(49)58-50)38-18-7-3-8-19-38/h2-34H,1,35H2. The second kappa shape index (κ2) is 15.1. The fraction of sp³-hybridized carbons (Fsp3) is 0.0185. The van der Waals surface area contributed by atoms with Gasteiger partial charge >= 0.3 is 0 Å². The predicted octanol–water partition coefficient (Wildman–Crippen LogP) is 14.0. The fourth-order valence-electron chi connectivity index (χ4n) is 8.00. The van der Waals surface area contributed by atoms with Crippen LogP contribution in [-0.4, -0.2) is 18.4 Å². The number of furan rings is 1. The maximum atomic E-state index is 6.78. The molecule has 0 aliphatic carbocycles. The fourth-order valence-corrected chi connectivity index (χ4v) is 8.00. The van der Waals surface area contributed by atoms with E-state index in [1.54, 1.807) is 0 Å². The van der Waals surface area contributed by atoms with Gasteiger partial charge in [-0.3, -0.25) is 4.99 Å². The summed E-state index contributed by atoms with van der Waals surface area (Å²) in [6, 6.07) is 69.7. The van der Waals surface area contributed by atoms with Crippen LogP contribution in [0.25, 0.3) is 76.9 Å². The molecule has 0 spiro atoms. The summed E-state index contributed by atoms with van der Waals surface area (Å²) in [5.74, 6) is 1.05. The smallest absolute Gasteiger partial charge is 0.161 e. The van der Waals surface area contributed by atoms with Gasteiger partial charge in [0, 0.05) is 27.5 Å². The first-order chi connectivity index (χ1) is 28.7. The number of benzene rings is 9. The third-order valence-electron chi connectivity index (χ3n) is 10.8. The Kier molecular flexibility index (Phi) is 9.05. The average Bonchev–Trinajstić information content (AvgIpc) is 3.69. The molecule has 0 saturated carbocycles. The van der Waals surface area contributed by atoms with Crippen molar-refractivity contribution >= 4 is 61.9 Å². The van der Waals surface area contributed by atoms with Gasteiger partial charge in [0.25, 0.3) is 0 Å². The summed E-state index contributed by atoms with van der Waals surface area (Å²) in [4.78, 5) is 14.9. The van der Waals surface area contributed by atoms with Gasteiger partial charge in [-0.15, -0.1) is 0 Å². The first kappa shape index (κ1) is 34.8. The highest BCUT2D eigenvalue weighted by Gasteiger charge is 2.20. The van der Waals surface area contributed by atoms with E-state index in [0.717, 1.165) is 72.0 Å². The zero-order valence-electron chi connectivity index (χ0n) is 31.7. The zero-order valence-corrected chi connectivity index (χ0v) is 31.7. The molecular formula is C54H37N3O. The third kappa shape index (κ3) is 6.57. The lowest BCUT2D eigenvalue weighted by atomic mass is 9.95. The Hall–Kier alpha value is -7.69. The largest absolute Gasteiger partial charge is 0.455 e. The molecule has 4 nitrogen and oxygen atoms in total. The number of fused-ring (bicyclic) bond motifs is 6. The molecule has 0 N–H and O–H groups in total. The van der Waals surface area contributed by atoms with E-state index >= 15 is 0 Å². The molecular weight excluding hydrogens is 707 g/mol. The maximum Gasteiger partial charge on any atom is 0.161 e. The molecule has 0 amide bonds. The monoisotopic (exact) mass is 743 g/mol. The summed E-state index contributed by atoms with van der Waals surface area (Å²) in [6.07, 6.45) is 0. The summed E-state index contributed by atoms with van der Waals surface area (Å²) in [5, 5.41) is 6.90.